The van der Waals surface area contributed by atoms with Crippen molar-refractivity contribution in [1.82, 2.24) is 0 Å². The molecule has 0 spiro atoms. The summed E-state index contributed by atoms with van der Waals surface area (Å²) in [5.41, 5.74) is 0.811. The number of halogens is 1. The highest BCUT2D eigenvalue weighted by atomic mass is 35.5. The molecule has 1 N–H and O–H groups in total. The van der Waals surface area contributed by atoms with Crippen molar-refractivity contribution < 1.29 is 27.2 Å². The predicted molar refractivity (Wildman–Crippen MR) is 120 cm³/mol. The molecule has 3 aromatic carbocycles. The van der Waals surface area contributed by atoms with Crippen LogP contribution in [-0.4, -0.2) is 26.8 Å². The van der Waals surface area contributed by atoms with E-state index >= 15 is 0 Å². The molecule has 0 radical (unpaired) electrons. The Bertz CT molecular complexity index is 1390. The average Bonchev–Trinajstić information content (AvgIpc) is 3.21. The highest BCUT2D eigenvalue weighted by Crippen LogP contribution is 2.21. The van der Waals surface area contributed by atoms with Gasteiger partial charge >= 0.3 is 5.97 Å². The van der Waals surface area contributed by atoms with Crippen molar-refractivity contribution >= 4 is 50.0 Å². The molecule has 1 heterocycles. The number of nitrogens with one attached hydrogen (secondary N) is 1. The molecule has 7 nitrogen and oxygen atoms in total. The van der Waals surface area contributed by atoms with Crippen molar-refractivity contribution in [3.63, 3.8) is 0 Å². The summed E-state index contributed by atoms with van der Waals surface area (Å²) in [4.78, 5) is 24.6. The lowest BCUT2D eigenvalue weighted by atomic mass is 10.2. The Labute approximate surface area is 188 Å². The fraction of sp³-hybridized carbons (Fsp3) is 0.0435. The monoisotopic (exact) mass is 469 g/mol. The largest absolute Gasteiger partial charge is 0.454 e. The van der Waals surface area contributed by atoms with Gasteiger partial charge in [0, 0.05) is 10.4 Å². The maximum Gasteiger partial charge on any atom is 0.338 e. The van der Waals surface area contributed by atoms with Crippen LogP contribution in [0.25, 0.3) is 11.0 Å². The second-order valence-electron chi connectivity index (χ2n) is 6.79. The molecule has 0 saturated heterocycles. The number of ketones is 1. The van der Waals surface area contributed by atoms with Gasteiger partial charge < -0.3 is 9.15 Å². The number of benzene rings is 3. The van der Waals surface area contributed by atoms with Gasteiger partial charge in [0.2, 0.25) is 5.78 Å². The Kier molecular flexibility index (Phi) is 5.98. The van der Waals surface area contributed by atoms with E-state index in [9.17, 15) is 18.0 Å². The molecule has 4 aromatic rings. The van der Waals surface area contributed by atoms with Gasteiger partial charge in [0.05, 0.1) is 16.1 Å². The Morgan fingerprint density at radius 2 is 1.72 bits per heavy atom. The van der Waals surface area contributed by atoms with E-state index in [2.05, 4.69) is 4.72 Å². The van der Waals surface area contributed by atoms with E-state index in [0.717, 1.165) is 5.39 Å². The Hall–Kier alpha value is -3.62. The van der Waals surface area contributed by atoms with Gasteiger partial charge in [0.15, 0.2) is 12.4 Å². The third-order valence-electron chi connectivity index (χ3n) is 4.49. The number of rotatable bonds is 7. The Balaban J connectivity index is 1.45. The number of furan rings is 1. The number of carbonyl (C=O) groups is 2. The highest BCUT2D eigenvalue weighted by molar-refractivity contribution is 7.92. The van der Waals surface area contributed by atoms with Crippen LogP contribution in [0.2, 0.25) is 5.02 Å². The van der Waals surface area contributed by atoms with Crippen LogP contribution < -0.4 is 4.72 Å². The molecular weight excluding hydrogens is 454 g/mol. The number of hydrogen-bond acceptors (Lipinski definition) is 6. The first kappa shape index (κ1) is 21.6. The molecule has 0 fully saturated rings. The fourth-order valence-electron chi connectivity index (χ4n) is 2.96. The molecule has 0 saturated carbocycles. The fourth-order valence-corrected chi connectivity index (χ4v) is 4.25. The normalized spacial score (nSPS) is 11.3. The lowest BCUT2D eigenvalue weighted by Gasteiger charge is -2.09. The zero-order chi connectivity index (χ0) is 22.7. The quantitative estimate of drug-likeness (QED) is 0.304. The summed E-state index contributed by atoms with van der Waals surface area (Å²) >= 11 is 5.88. The van der Waals surface area contributed by atoms with E-state index in [-0.39, 0.29) is 21.9 Å². The number of sulfonamides is 1. The van der Waals surface area contributed by atoms with Gasteiger partial charge in [-0.1, -0.05) is 41.9 Å². The van der Waals surface area contributed by atoms with Crippen LogP contribution >= 0.6 is 11.6 Å². The van der Waals surface area contributed by atoms with E-state index in [1.807, 2.05) is 6.07 Å². The summed E-state index contributed by atoms with van der Waals surface area (Å²) in [6.07, 6.45) is 0. The zero-order valence-electron chi connectivity index (χ0n) is 16.4. The van der Waals surface area contributed by atoms with Gasteiger partial charge in [-0.15, -0.1) is 0 Å². The summed E-state index contributed by atoms with van der Waals surface area (Å²) in [6, 6.07) is 20.2. The van der Waals surface area contributed by atoms with E-state index < -0.39 is 28.4 Å². The Morgan fingerprint density at radius 1 is 0.938 bits per heavy atom. The number of para-hydroxylation sites is 1. The second-order valence-corrected chi connectivity index (χ2v) is 8.91. The van der Waals surface area contributed by atoms with Crippen LogP contribution in [0, 0.1) is 0 Å². The molecule has 9 heteroatoms. The maximum atomic E-state index is 12.7. The summed E-state index contributed by atoms with van der Waals surface area (Å²) in [7, 11) is -3.97. The number of Topliss-reactive ketones (excluding diaryl/α,β-unsaturated/α-hetero) is 1. The first-order valence-electron chi connectivity index (χ1n) is 9.39. The molecular formula is C23H16ClNO6S. The predicted octanol–water partition coefficient (Wildman–Crippen LogP) is 4.93. The van der Waals surface area contributed by atoms with E-state index in [1.165, 1.54) is 30.3 Å². The number of fused-ring (bicyclic) bond motifs is 1. The second kappa shape index (κ2) is 8.86. The van der Waals surface area contributed by atoms with E-state index in [1.54, 1.807) is 42.5 Å². The number of esters is 1. The van der Waals surface area contributed by atoms with Gasteiger partial charge in [-0.05, 0) is 48.5 Å². The molecule has 0 unspecified atom stereocenters. The lowest BCUT2D eigenvalue weighted by Crippen LogP contribution is -2.16. The molecule has 0 aliphatic carbocycles. The third-order valence-corrected chi connectivity index (χ3v) is 6.11. The standard InChI is InChI=1S/C23H16ClNO6S/c24-17-7-4-8-18(13-17)25-32(28,29)19-9-3-6-16(11-19)23(27)30-14-20(26)22-12-15-5-1-2-10-21(15)31-22/h1-13,25H,14H2. The minimum atomic E-state index is -3.97. The van der Waals surface area contributed by atoms with Crippen LogP contribution in [0.4, 0.5) is 5.69 Å². The van der Waals surface area contributed by atoms with Crippen molar-refractivity contribution in [2.24, 2.45) is 0 Å². The molecule has 0 atom stereocenters. The van der Waals surface area contributed by atoms with Gasteiger partial charge in [0.25, 0.3) is 10.0 Å². The number of ether oxygens (including phenoxy) is 1. The van der Waals surface area contributed by atoms with Crippen LogP contribution in [0.15, 0.2) is 88.2 Å². The number of hydrogen-bond donors (Lipinski definition) is 1. The lowest BCUT2D eigenvalue weighted by molar-refractivity contribution is 0.0468. The molecule has 162 valence electrons. The average molecular weight is 470 g/mol. The minimum Gasteiger partial charge on any atom is -0.454 e. The summed E-state index contributed by atoms with van der Waals surface area (Å²) in [5, 5.41) is 1.13. The Morgan fingerprint density at radius 3 is 2.50 bits per heavy atom. The third kappa shape index (κ3) is 4.82. The summed E-state index contributed by atoms with van der Waals surface area (Å²) < 4.78 is 38.2. The smallest absolute Gasteiger partial charge is 0.338 e. The minimum absolute atomic E-state index is 0.0172. The molecule has 1 aromatic heterocycles. The first-order valence-corrected chi connectivity index (χ1v) is 11.3. The number of anilines is 1. The number of carbonyl (C=O) groups excluding carboxylic acids is 2. The van der Waals surface area contributed by atoms with Crippen molar-refractivity contribution in [1.29, 1.82) is 0 Å². The zero-order valence-corrected chi connectivity index (χ0v) is 18.0. The summed E-state index contributed by atoms with van der Waals surface area (Å²) in [5.74, 6) is -1.28. The van der Waals surface area contributed by atoms with Crippen LogP contribution in [0.3, 0.4) is 0 Å². The molecule has 0 aliphatic heterocycles. The molecule has 4 rings (SSSR count). The van der Waals surface area contributed by atoms with Crippen molar-refractivity contribution in [3.8, 4) is 0 Å². The van der Waals surface area contributed by atoms with E-state index in [4.69, 9.17) is 20.8 Å². The van der Waals surface area contributed by atoms with Crippen molar-refractivity contribution in [2.45, 2.75) is 4.90 Å². The van der Waals surface area contributed by atoms with Gasteiger partial charge in [-0.2, -0.15) is 0 Å². The first-order chi connectivity index (χ1) is 15.3. The maximum absolute atomic E-state index is 12.7. The van der Waals surface area contributed by atoms with Gasteiger partial charge in [0.1, 0.15) is 5.58 Å². The van der Waals surface area contributed by atoms with E-state index in [0.29, 0.717) is 10.6 Å². The van der Waals surface area contributed by atoms with Crippen molar-refractivity contribution in [2.75, 3.05) is 11.3 Å². The van der Waals surface area contributed by atoms with Crippen LogP contribution in [-0.2, 0) is 14.8 Å². The SMILES string of the molecule is O=C(OCC(=O)c1cc2ccccc2o1)c1cccc(S(=O)(=O)Nc2cccc(Cl)c2)c1. The molecule has 32 heavy (non-hydrogen) atoms. The van der Waals surface area contributed by atoms with Crippen LogP contribution in [0.5, 0.6) is 0 Å². The molecule has 0 aliphatic rings. The summed E-state index contributed by atoms with van der Waals surface area (Å²) in [6.45, 7) is -0.545. The van der Waals surface area contributed by atoms with Gasteiger partial charge in [-0.25, -0.2) is 13.2 Å². The molecule has 0 bridgehead atoms. The van der Waals surface area contributed by atoms with Gasteiger partial charge in [-0.3, -0.25) is 9.52 Å². The highest BCUT2D eigenvalue weighted by Gasteiger charge is 2.19. The van der Waals surface area contributed by atoms with Crippen LogP contribution in [0.1, 0.15) is 20.9 Å². The molecule has 0 amide bonds. The topological polar surface area (TPSA) is 103 Å². The van der Waals surface area contributed by atoms with Crippen molar-refractivity contribution in [3.05, 3.63) is 95.2 Å².